The van der Waals surface area contributed by atoms with Crippen LogP contribution in [0.2, 0.25) is 0 Å². The number of amides is 2. The highest BCUT2D eigenvalue weighted by Gasteiger charge is 2.25. The lowest BCUT2D eigenvalue weighted by molar-refractivity contribution is -0.137. The van der Waals surface area contributed by atoms with Gasteiger partial charge in [0.1, 0.15) is 5.69 Å². The number of benzene rings is 3. The summed E-state index contributed by atoms with van der Waals surface area (Å²) in [4.78, 5) is 49.4. The summed E-state index contributed by atoms with van der Waals surface area (Å²) in [6.07, 6.45) is 3.00. The van der Waals surface area contributed by atoms with Crippen LogP contribution < -0.4 is 16.0 Å². The Kier molecular flexibility index (Phi) is 7.96. The van der Waals surface area contributed by atoms with Gasteiger partial charge in [0.15, 0.2) is 5.78 Å². The zero-order valence-corrected chi connectivity index (χ0v) is 23.1. The summed E-state index contributed by atoms with van der Waals surface area (Å²) in [5, 5.41) is 21.8. The van der Waals surface area contributed by atoms with E-state index in [4.69, 9.17) is 5.11 Å². The quantitative estimate of drug-likeness (QED) is 0.157. The second kappa shape index (κ2) is 11.9. The molecule has 212 valence electrons. The molecule has 0 unspecified atom stereocenters. The Bertz CT molecular complexity index is 1740. The molecule has 1 aliphatic heterocycles. The molecular weight excluding hydrogens is 534 g/mol. The van der Waals surface area contributed by atoms with Crippen molar-refractivity contribution in [2.24, 2.45) is 7.05 Å². The van der Waals surface area contributed by atoms with Crippen molar-refractivity contribution in [3.05, 3.63) is 113 Å². The third-order valence-electron chi connectivity index (χ3n) is 6.88. The van der Waals surface area contributed by atoms with Crippen LogP contribution in [0.1, 0.15) is 56.1 Å². The maximum atomic E-state index is 13.3. The fraction of sp³-hybridized carbons (Fsp3) is 0.156. The molecule has 0 fully saturated rings. The lowest BCUT2D eigenvalue weighted by Gasteiger charge is -2.08. The number of carboxylic acids is 1. The summed E-state index contributed by atoms with van der Waals surface area (Å²) in [6.45, 7) is 1.80. The predicted octanol–water partition coefficient (Wildman–Crippen LogP) is 5.02. The largest absolute Gasteiger partial charge is 0.481 e. The van der Waals surface area contributed by atoms with E-state index >= 15 is 0 Å². The van der Waals surface area contributed by atoms with Gasteiger partial charge in [-0.1, -0.05) is 36.4 Å². The molecule has 3 aromatic carbocycles. The number of aliphatic carboxylic acids is 1. The van der Waals surface area contributed by atoms with Crippen molar-refractivity contribution in [1.29, 1.82) is 0 Å². The zero-order chi connectivity index (χ0) is 29.8. The molecule has 2 amide bonds. The van der Waals surface area contributed by atoms with Crippen molar-refractivity contribution in [3.63, 3.8) is 0 Å². The summed E-state index contributed by atoms with van der Waals surface area (Å²) in [6, 6.07) is 21.0. The number of hydrogen-bond donors (Lipinski definition) is 4. The van der Waals surface area contributed by atoms with E-state index in [1.54, 1.807) is 68.7 Å². The summed E-state index contributed by atoms with van der Waals surface area (Å²) in [5.41, 5.74) is 5.84. The minimum Gasteiger partial charge on any atom is -0.481 e. The number of aromatic nitrogens is 2. The van der Waals surface area contributed by atoms with E-state index in [2.05, 4.69) is 21.0 Å². The fourth-order valence-corrected chi connectivity index (χ4v) is 4.77. The van der Waals surface area contributed by atoms with Crippen LogP contribution in [0.5, 0.6) is 0 Å². The van der Waals surface area contributed by atoms with Gasteiger partial charge in [0.25, 0.3) is 11.8 Å². The number of nitrogens with zero attached hydrogens (tertiary/aromatic N) is 2. The number of anilines is 3. The number of carboxylic acid groups (broad SMARTS) is 1. The lowest BCUT2D eigenvalue weighted by Crippen LogP contribution is -2.16. The first-order valence-corrected chi connectivity index (χ1v) is 13.4. The van der Waals surface area contributed by atoms with Gasteiger partial charge < -0.3 is 21.1 Å². The van der Waals surface area contributed by atoms with E-state index in [0.717, 1.165) is 16.9 Å². The summed E-state index contributed by atoms with van der Waals surface area (Å²) >= 11 is 0. The molecule has 0 radical (unpaired) electrons. The van der Waals surface area contributed by atoms with Crippen LogP contribution in [0.3, 0.4) is 0 Å². The van der Waals surface area contributed by atoms with Gasteiger partial charge in [-0.2, -0.15) is 5.10 Å². The maximum Gasteiger partial charge on any atom is 0.303 e. The average molecular weight is 564 g/mol. The number of hydrogen-bond acceptors (Lipinski definition) is 6. The molecule has 0 aliphatic carbocycles. The van der Waals surface area contributed by atoms with E-state index in [0.29, 0.717) is 52.2 Å². The van der Waals surface area contributed by atoms with Gasteiger partial charge in [-0.25, -0.2) is 0 Å². The number of nitrogens with one attached hydrogen (secondary N) is 3. The molecule has 2 heterocycles. The van der Waals surface area contributed by atoms with Crippen LogP contribution in [-0.2, 0) is 23.1 Å². The molecule has 0 saturated heterocycles. The minimum atomic E-state index is -0.807. The van der Waals surface area contributed by atoms with E-state index in [-0.39, 0.29) is 24.0 Å². The zero-order valence-electron chi connectivity index (χ0n) is 23.1. The highest BCUT2D eigenvalue weighted by Crippen LogP contribution is 2.33. The van der Waals surface area contributed by atoms with Gasteiger partial charge in [0, 0.05) is 53.4 Å². The molecule has 10 nitrogen and oxygen atoms in total. The fourth-order valence-electron chi connectivity index (χ4n) is 4.77. The van der Waals surface area contributed by atoms with E-state index in [9.17, 15) is 19.2 Å². The van der Waals surface area contributed by atoms with Crippen LogP contribution >= 0.6 is 0 Å². The SMILES string of the molecule is Cc1cc(C(=O)Nc2cccc(C(=O)c3ccc4c(c3)NC(=O)/C4=C\Nc3ccc(CCCC(=O)O)cc3)c2)n(C)n1. The molecule has 42 heavy (non-hydrogen) atoms. The molecule has 1 aromatic heterocycles. The number of fused-ring (bicyclic) bond motifs is 1. The topological polar surface area (TPSA) is 142 Å². The van der Waals surface area contributed by atoms with Crippen LogP contribution in [0.15, 0.2) is 79.0 Å². The molecule has 10 heteroatoms. The molecule has 0 atom stereocenters. The molecule has 5 rings (SSSR count). The van der Waals surface area contributed by atoms with Gasteiger partial charge in [-0.15, -0.1) is 0 Å². The highest BCUT2D eigenvalue weighted by molar-refractivity contribution is 6.32. The molecular formula is C32H29N5O5. The number of aryl methyl sites for hydroxylation is 3. The first-order chi connectivity index (χ1) is 20.2. The van der Waals surface area contributed by atoms with Crippen LogP contribution in [-0.4, -0.2) is 38.5 Å². The highest BCUT2D eigenvalue weighted by atomic mass is 16.4. The van der Waals surface area contributed by atoms with Gasteiger partial charge in [0.05, 0.1) is 11.3 Å². The summed E-state index contributed by atoms with van der Waals surface area (Å²) < 4.78 is 1.50. The Balaban J connectivity index is 1.27. The molecule has 4 aromatic rings. The van der Waals surface area contributed by atoms with Gasteiger partial charge >= 0.3 is 5.97 Å². The van der Waals surface area contributed by atoms with Crippen molar-refractivity contribution in [2.45, 2.75) is 26.2 Å². The lowest BCUT2D eigenvalue weighted by atomic mass is 9.99. The molecule has 0 spiro atoms. The Morgan fingerprint density at radius 1 is 0.976 bits per heavy atom. The van der Waals surface area contributed by atoms with Crippen molar-refractivity contribution in [3.8, 4) is 0 Å². The number of carbonyl (C=O) groups excluding carboxylic acids is 3. The summed E-state index contributed by atoms with van der Waals surface area (Å²) in [5.74, 6) is -1.68. The van der Waals surface area contributed by atoms with E-state index < -0.39 is 5.97 Å². The predicted molar refractivity (Wildman–Crippen MR) is 159 cm³/mol. The molecule has 4 N–H and O–H groups in total. The second-order valence-corrected chi connectivity index (χ2v) is 10.0. The van der Waals surface area contributed by atoms with Crippen molar-refractivity contribution in [1.82, 2.24) is 9.78 Å². The van der Waals surface area contributed by atoms with Crippen LogP contribution in [0.4, 0.5) is 17.1 Å². The number of ketones is 1. The standard InChI is InChI=1S/C32H29N5O5/c1-19-15-28(37(2)36-19)32(42)34-24-7-4-6-21(16-24)30(40)22-11-14-25-26(31(41)35-27(25)17-22)18-33-23-12-9-20(10-13-23)5-3-8-29(38)39/h4,6-7,9-18,33H,3,5,8H2,1-2H3,(H,34,42)(H,35,41)(H,38,39)/b26-18-. The van der Waals surface area contributed by atoms with Crippen molar-refractivity contribution < 1.29 is 24.3 Å². The smallest absolute Gasteiger partial charge is 0.303 e. The molecule has 1 aliphatic rings. The van der Waals surface area contributed by atoms with Gasteiger partial charge in [0.2, 0.25) is 0 Å². The third-order valence-corrected chi connectivity index (χ3v) is 6.88. The Morgan fingerprint density at radius 3 is 2.45 bits per heavy atom. The van der Waals surface area contributed by atoms with Crippen LogP contribution in [0, 0.1) is 6.92 Å². The van der Waals surface area contributed by atoms with Crippen molar-refractivity contribution in [2.75, 3.05) is 16.0 Å². The van der Waals surface area contributed by atoms with Crippen LogP contribution in [0.25, 0.3) is 5.57 Å². The van der Waals surface area contributed by atoms with Gasteiger partial charge in [-0.3, -0.25) is 23.9 Å². The van der Waals surface area contributed by atoms with E-state index in [1.807, 2.05) is 24.3 Å². The van der Waals surface area contributed by atoms with Gasteiger partial charge in [-0.05, 0) is 61.7 Å². The third kappa shape index (κ3) is 6.28. The Hall–Kier alpha value is -5.51. The molecule has 0 saturated carbocycles. The molecule has 0 bridgehead atoms. The minimum absolute atomic E-state index is 0.130. The average Bonchev–Trinajstić information content (AvgIpc) is 3.48. The first-order valence-electron chi connectivity index (χ1n) is 13.4. The normalized spacial score (nSPS) is 13.0. The second-order valence-electron chi connectivity index (χ2n) is 10.0. The van der Waals surface area contributed by atoms with E-state index in [1.165, 1.54) is 4.68 Å². The number of rotatable bonds is 10. The van der Waals surface area contributed by atoms with Crippen molar-refractivity contribution >= 4 is 46.2 Å². The summed E-state index contributed by atoms with van der Waals surface area (Å²) in [7, 11) is 1.69. The first kappa shape index (κ1) is 28.0. The maximum absolute atomic E-state index is 13.3. The monoisotopic (exact) mass is 563 g/mol. The number of carbonyl (C=O) groups is 4. The Morgan fingerprint density at radius 2 is 1.74 bits per heavy atom. The Labute approximate surface area is 242 Å².